The summed E-state index contributed by atoms with van der Waals surface area (Å²) < 4.78 is 0. The number of hydrogen-bond acceptors (Lipinski definition) is 0. The summed E-state index contributed by atoms with van der Waals surface area (Å²) in [5.74, 6) is 0. The van der Waals surface area contributed by atoms with Crippen LogP contribution in [0.2, 0.25) is 0 Å². The van der Waals surface area contributed by atoms with Gasteiger partial charge in [0.1, 0.15) is 0 Å². The van der Waals surface area contributed by atoms with Crippen molar-refractivity contribution < 1.29 is 0 Å². The van der Waals surface area contributed by atoms with Crippen molar-refractivity contribution in [3.05, 3.63) is 29.8 Å². The summed E-state index contributed by atoms with van der Waals surface area (Å²) >= 11 is 0. The predicted molar refractivity (Wildman–Crippen MR) is 59.4 cm³/mol. The zero-order chi connectivity index (χ0) is 9.19. The molecule has 0 aliphatic heterocycles. The lowest BCUT2D eigenvalue weighted by Gasteiger charge is -2.28. The Kier molecular flexibility index (Phi) is 2.84. The Labute approximate surface area is 77.3 Å². The Morgan fingerprint density at radius 1 is 1.08 bits per heavy atom. The zero-order valence-electron chi connectivity index (χ0n) is 8.42. The maximum atomic E-state index is 2.35. The molecule has 0 heterocycles. The number of rotatable bonds is 2. The first kappa shape index (κ1) is 9.66. The van der Waals surface area contributed by atoms with Crippen molar-refractivity contribution >= 4 is 10.0 Å². The molecule has 68 valence electrons. The Morgan fingerprint density at radius 2 is 1.67 bits per heavy atom. The fourth-order valence-electron chi connectivity index (χ4n) is 1.39. The lowest BCUT2D eigenvalue weighted by atomic mass is 10.2. The maximum absolute atomic E-state index is 2.35. The molecule has 0 aliphatic rings. The molecule has 0 aromatic heterocycles. The fourth-order valence-corrected chi connectivity index (χ4v) is 2.88. The Bertz CT molecular complexity index is 258. The molecule has 0 radical (unpaired) electrons. The molecular formula is C11H18S. The second-order valence-electron chi connectivity index (χ2n) is 3.80. The van der Waals surface area contributed by atoms with Crippen LogP contribution in [0.1, 0.15) is 12.5 Å². The molecule has 1 aromatic rings. The van der Waals surface area contributed by atoms with Gasteiger partial charge in [0.25, 0.3) is 0 Å². The van der Waals surface area contributed by atoms with Gasteiger partial charge in [0, 0.05) is 0 Å². The first-order valence-corrected chi connectivity index (χ1v) is 7.17. The number of benzene rings is 1. The Hall–Kier alpha value is -0.430. The summed E-state index contributed by atoms with van der Waals surface area (Å²) in [6, 6.07) is 8.79. The topological polar surface area (TPSA) is 0 Å². The lowest BCUT2D eigenvalue weighted by molar-refractivity contribution is 1.08. The van der Waals surface area contributed by atoms with E-state index in [2.05, 4.69) is 50.0 Å². The van der Waals surface area contributed by atoms with E-state index in [-0.39, 0.29) is 0 Å². The molecule has 1 rings (SSSR count). The molecule has 0 N–H and O–H groups in total. The van der Waals surface area contributed by atoms with Crippen molar-refractivity contribution in [3.63, 3.8) is 0 Å². The van der Waals surface area contributed by atoms with Crippen LogP contribution < -0.4 is 0 Å². The van der Waals surface area contributed by atoms with Gasteiger partial charge in [-0.2, -0.15) is 0 Å². The molecule has 1 aromatic carbocycles. The Morgan fingerprint density at radius 3 is 2.08 bits per heavy atom. The number of aryl methyl sites for hydroxylation is 1. The highest BCUT2D eigenvalue weighted by Crippen LogP contribution is 2.46. The van der Waals surface area contributed by atoms with Gasteiger partial charge in [-0.05, 0) is 41.7 Å². The summed E-state index contributed by atoms with van der Waals surface area (Å²) in [7, 11) is -0.546. The Balaban J connectivity index is 3.14. The van der Waals surface area contributed by atoms with Gasteiger partial charge in [-0.15, -0.1) is 0 Å². The minimum Gasteiger partial charge on any atom is -0.223 e. The minimum absolute atomic E-state index is 0.546. The SMILES string of the molecule is CCc1ccccc1S(C)(C)C. The maximum Gasteiger partial charge on any atom is -0.00742 e. The summed E-state index contributed by atoms with van der Waals surface area (Å²) in [6.07, 6.45) is 8.20. The molecule has 0 atom stereocenters. The van der Waals surface area contributed by atoms with Crippen LogP contribution in [0.25, 0.3) is 0 Å². The van der Waals surface area contributed by atoms with Crippen LogP contribution in [0.4, 0.5) is 0 Å². The number of hydrogen-bond donors (Lipinski definition) is 0. The molecule has 0 bridgehead atoms. The van der Waals surface area contributed by atoms with Crippen LogP contribution in [0, 0.1) is 0 Å². The third-order valence-corrected chi connectivity index (χ3v) is 3.73. The van der Waals surface area contributed by atoms with E-state index >= 15 is 0 Å². The van der Waals surface area contributed by atoms with E-state index in [1.807, 2.05) is 0 Å². The monoisotopic (exact) mass is 182 g/mol. The van der Waals surface area contributed by atoms with E-state index in [9.17, 15) is 0 Å². The highest BCUT2D eigenvalue weighted by atomic mass is 32.3. The van der Waals surface area contributed by atoms with Gasteiger partial charge in [-0.25, -0.2) is 10.0 Å². The molecule has 0 unspecified atom stereocenters. The molecule has 0 spiro atoms. The molecule has 0 fully saturated rings. The minimum atomic E-state index is -0.546. The smallest absolute Gasteiger partial charge is 0.00742 e. The quantitative estimate of drug-likeness (QED) is 0.658. The summed E-state index contributed by atoms with van der Waals surface area (Å²) in [4.78, 5) is 1.56. The molecule has 0 saturated carbocycles. The molecular weight excluding hydrogens is 164 g/mol. The summed E-state index contributed by atoms with van der Waals surface area (Å²) in [5.41, 5.74) is 1.51. The van der Waals surface area contributed by atoms with E-state index in [0.717, 1.165) is 6.42 Å². The van der Waals surface area contributed by atoms with Crippen molar-refractivity contribution in [1.29, 1.82) is 0 Å². The van der Waals surface area contributed by atoms with Crippen molar-refractivity contribution in [2.45, 2.75) is 18.2 Å². The highest BCUT2D eigenvalue weighted by molar-refractivity contribution is 8.32. The normalized spacial score (nSPS) is 13.0. The van der Waals surface area contributed by atoms with E-state index in [4.69, 9.17) is 0 Å². The van der Waals surface area contributed by atoms with E-state index < -0.39 is 10.0 Å². The van der Waals surface area contributed by atoms with Gasteiger partial charge in [-0.1, -0.05) is 25.1 Å². The van der Waals surface area contributed by atoms with E-state index in [1.165, 1.54) is 5.56 Å². The first-order valence-electron chi connectivity index (χ1n) is 4.32. The van der Waals surface area contributed by atoms with Gasteiger partial charge in [0.15, 0.2) is 0 Å². The van der Waals surface area contributed by atoms with Crippen LogP contribution >= 0.6 is 10.0 Å². The van der Waals surface area contributed by atoms with Crippen LogP contribution in [-0.4, -0.2) is 18.8 Å². The van der Waals surface area contributed by atoms with Gasteiger partial charge in [0.05, 0.1) is 0 Å². The third kappa shape index (κ3) is 2.04. The van der Waals surface area contributed by atoms with Crippen LogP contribution in [0.15, 0.2) is 29.2 Å². The average Bonchev–Trinajstić information content (AvgIpc) is 2.03. The van der Waals surface area contributed by atoms with Crippen LogP contribution in [-0.2, 0) is 6.42 Å². The highest BCUT2D eigenvalue weighted by Gasteiger charge is 2.10. The standard InChI is InChI=1S/C11H18S/c1-5-10-8-6-7-9-11(10)12(2,3)4/h6-9H,5H2,1-4H3. The van der Waals surface area contributed by atoms with Gasteiger partial charge in [-0.3, -0.25) is 0 Å². The molecule has 0 nitrogen and oxygen atoms in total. The summed E-state index contributed by atoms with van der Waals surface area (Å²) in [5, 5.41) is 0. The van der Waals surface area contributed by atoms with Gasteiger partial charge >= 0.3 is 0 Å². The second kappa shape index (κ2) is 3.53. The van der Waals surface area contributed by atoms with Crippen molar-refractivity contribution in [1.82, 2.24) is 0 Å². The zero-order valence-corrected chi connectivity index (χ0v) is 9.24. The largest absolute Gasteiger partial charge is 0.223 e. The molecule has 1 heteroatoms. The van der Waals surface area contributed by atoms with Gasteiger partial charge in [0.2, 0.25) is 0 Å². The van der Waals surface area contributed by atoms with Crippen LogP contribution in [0.3, 0.4) is 0 Å². The summed E-state index contributed by atoms with van der Waals surface area (Å²) in [6.45, 7) is 2.23. The van der Waals surface area contributed by atoms with Crippen molar-refractivity contribution in [2.75, 3.05) is 18.8 Å². The molecule has 0 amide bonds. The molecule has 12 heavy (non-hydrogen) atoms. The lowest BCUT2D eigenvalue weighted by Crippen LogP contribution is -1.97. The first-order chi connectivity index (χ1) is 5.55. The predicted octanol–water partition coefficient (Wildman–Crippen LogP) is 3.30. The fraction of sp³-hybridized carbons (Fsp3) is 0.455. The van der Waals surface area contributed by atoms with Gasteiger partial charge < -0.3 is 0 Å². The van der Waals surface area contributed by atoms with E-state index in [1.54, 1.807) is 4.90 Å². The second-order valence-corrected chi connectivity index (χ2v) is 7.91. The average molecular weight is 182 g/mol. The molecule has 0 aliphatic carbocycles. The van der Waals surface area contributed by atoms with Crippen LogP contribution in [0.5, 0.6) is 0 Å². The van der Waals surface area contributed by atoms with Crippen molar-refractivity contribution in [3.8, 4) is 0 Å². The third-order valence-electron chi connectivity index (χ3n) is 2.01. The molecule has 0 saturated heterocycles. The van der Waals surface area contributed by atoms with E-state index in [0.29, 0.717) is 0 Å². The van der Waals surface area contributed by atoms with Crippen molar-refractivity contribution in [2.24, 2.45) is 0 Å².